The average molecular weight is 228 g/mol. The minimum atomic E-state index is -0.627. The molecule has 1 atom stereocenters. The zero-order valence-electron chi connectivity index (χ0n) is 7.70. The first-order valence-electron chi connectivity index (χ1n) is 4.07. The number of aromatic nitrogens is 3. The molecule has 1 aromatic rings. The van der Waals surface area contributed by atoms with Crippen LogP contribution in [0.1, 0.15) is 5.82 Å². The molecule has 1 aliphatic heterocycles. The fraction of sp³-hybridized carbons (Fsp3) is 0.333. The van der Waals surface area contributed by atoms with E-state index >= 15 is 0 Å². The molecule has 8 nitrogen and oxygen atoms in total. The van der Waals surface area contributed by atoms with Crippen LogP contribution in [0.5, 0.6) is 0 Å². The van der Waals surface area contributed by atoms with E-state index in [1.54, 1.807) is 6.92 Å². The monoisotopic (exact) mass is 228 g/mol. The highest BCUT2D eigenvalue weighted by Crippen LogP contribution is 2.17. The fourth-order valence-corrected chi connectivity index (χ4v) is 1.75. The Morgan fingerprint density at radius 2 is 2.20 bits per heavy atom. The van der Waals surface area contributed by atoms with E-state index in [4.69, 9.17) is 0 Å². The van der Waals surface area contributed by atoms with Crippen molar-refractivity contribution >= 4 is 23.7 Å². The van der Waals surface area contributed by atoms with Gasteiger partial charge in [0.2, 0.25) is 5.16 Å². The molecule has 9 heteroatoms. The third-order valence-electron chi connectivity index (χ3n) is 1.59. The molecular weight excluding hydrogens is 220 g/mol. The van der Waals surface area contributed by atoms with Crippen molar-refractivity contribution < 1.29 is 9.59 Å². The van der Waals surface area contributed by atoms with E-state index in [9.17, 15) is 9.59 Å². The Bertz CT molecular complexity index is 404. The number of carbonyl (C=O) groups is 2. The van der Waals surface area contributed by atoms with Crippen molar-refractivity contribution in [3.8, 4) is 0 Å². The minimum Gasteiger partial charge on any atom is -0.275 e. The van der Waals surface area contributed by atoms with E-state index in [0.29, 0.717) is 11.0 Å². The van der Waals surface area contributed by atoms with Crippen LogP contribution in [0.2, 0.25) is 0 Å². The fourth-order valence-electron chi connectivity index (χ4n) is 0.969. The summed E-state index contributed by atoms with van der Waals surface area (Å²) in [6, 6.07) is -0.567. The Hall–Kier alpha value is -1.61. The van der Waals surface area contributed by atoms with E-state index < -0.39 is 17.3 Å². The Balaban J connectivity index is 2.00. The maximum atomic E-state index is 11.3. The molecule has 0 bridgehead atoms. The molecule has 1 unspecified atom stereocenters. The lowest BCUT2D eigenvalue weighted by atomic mass is 10.5. The van der Waals surface area contributed by atoms with Gasteiger partial charge in [-0.25, -0.2) is 15.2 Å². The van der Waals surface area contributed by atoms with Crippen molar-refractivity contribution in [2.24, 2.45) is 0 Å². The third-order valence-corrected chi connectivity index (χ3v) is 2.55. The molecule has 1 saturated heterocycles. The highest BCUT2D eigenvalue weighted by atomic mass is 32.2. The lowest BCUT2D eigenvalue weighted by Crippen LogP contribution is -2.61. The molecule has 0 aromatic carbocycles. The number of amides is 3. The lowest BCUT2D eigenvalue weighted by Gasteiger charge is -2.21. The normalized spacial score (nSPS) is 21.0. The number of aryl methyl sites for hydroxylation is 1. The summed E-state index contributed by atoms with van der Waals surface area (Å²) in [4.78, 5) is 26.0. The van der Waals surface area contributed by atoms with Crippen LogP contribution >= 0.6 is 11.8 Å². The van der Waals surface area contributed by atoms with Crippen LogP contribution in [-0.4, -0.2) is 32.5 Å². The third kappa shape index (κ3) is 2.25. The van der Waals surface area contributed by atoms with Gasteiger partial charge < -0.3 is 0 Å². The van der Waals surface area contributed by atoms with Gasteiger partial charge in [-0.15, -0.1) is 5.10 Å². The van der Waals surface area contributed by atoms with Gasteiger partial charge in [-0.3, -0.25) is 20.6 Å². The largest absolute Gasteiger partial charge is 0.335 e. The first-order chi connectivity index (χ1) is 7.15. The van der Waals surface area contributed by atoms with Crippen molar-refractivity contribution in [3.63, 3.8) is 0 Å². The molecule has 0 spiro atoms. The number of thioether (sulfide) groups is 1. The molecule has 80 valence electrons. The first kappa shape index (κ1) is 9.93. The number of imide groups is 1. The first-order valence-corrected chi connectivity index (χ1v) is 4.95. The summed E-state index contributed by atoms with van der Waals surface area (Å²) in [6.07, 6.45) is 0. The highest BCUT2D eigenvalue weighted by Gasteiger charge is 2.27. The number of hydrazine groups is 1. The van der Waals surface area contributed by atoms with Crippen molar-refractivity contribution in [1.82, 2.24) is 31.3 Å². The number of rotatable bonds is 2. The smallest absolute Gasteiger partial charge is 0.275 e. The van der Waals surface area contributed by atoms with E-state index in [1.807, 2.05) is 0 Å². The SMILES string of the molecule is Cc1nc(SC2NNC(=O)NC2=O)n[nH]1. The topological polar surface area (TPSA) is 112 Å². The van der Waals surface area contributed by atoms with E-state index in [-0.39, 0.29) is 0 Å². The number of nitrogens with zero attached hydrogens (tertiary/aromatic N) is 2. The van der Waals surface area contributed by atoms with Gasteiger partial charge in [0.1, 0.15) is 5.82 Å². The van der Waals surface area contributed by atoms with Gasteiger partial charge in [-0.2, -0.15) is 0 Å². The number of aromatic amines is 1. The summed E-state index contributed by atoms with van der Waals surface area (Å²) in [5, 5.41) is 8.44. The van der Waals surface area contributed by atoms with Crippen LogP contribution in [0.4, 0.5) is 4.79 Å². The van der Waals surface area contributed by atoms with E-state index in [0.717, 1.165) is 11.8 Å². The maximum absolute atomic E-state index is 11.3. The van der Waals surface area contributed by atoms with E-state index in [1.165, 1.54) is 0 Å². The summed E-state index contributed by atoms with van der Waals surface area (Å²) in [7, 11) is 0. The summed E-state index contributed by atoms with van der Waals surface area (Å²) >= 11 is 1.10. The molecular formula is C6H8N6O2S. The number of carbonyl (C=O) groups excluding carboxylic acids is 2. The lowest BCUT2D eigenvalue weighted by molar-refractivity contribution is -0.121. The minimum absolute atomic E-state index is 0.425. The number of hydrogen-bond donors (Lipinski definition) is 4. The summed E-state index contributed by atoms with van der Waals surface area (Å²) in [5.41, 5.74) is 4.82. The molecule has 1 aromatic heterocycles. The van der Waals surface area contributed by atoms with Crippen LogP contribution in [0.3, 0.4) is 0 Å². The molecule has 2 rings (SSSR count). The van der Waals surface area contributed by atoms with Crippen LogP contribution in [0.25, 0.3) is 0 Å². The van der Waals surface area contributed by atoms with Crippen LogP contribution in [0.15, 0.2) is 5.16 Å². The summed E-state index contributed by atoms with van der Waals surface area (Å²) < 4.78 is 0. The predicted octanol–water partition coefficient (Wildman–Crippen LogP) is -1.12. The number of nitrogens with one attached hydrogen (secondary N) is 4. The van der Waals surface area contributed by atoms with Gasteiger partial charge in [-0.05, 0) is 6.92 Å². The molecule has 3 amide bonds. The number of urea groups is 1. The molecule has 0 aliphatic carbocycles. The van der Waals surface area contributed by atoms with Gasteiger partial charge >= 0.3 is 6.03 Å². The second-order valence-electron chi connectivity index (χ2n) is 2.79. The molecule has 0 radical (unpaired) electrons. The maximum Gasteiger partial charge on any atom is 0.335 e. The molecule has 4 N–H and O–H groups in total. The van der Waals surface area contributed by atoms with Crippen molar-refractivity contribution in [2.75, 3.05) is 0 Å². The Kier molecular flexibility index (Phi) is 2.56. The van der Waals surface area contributed by atoms with Gasteiger partial charge in [-0.1, -0.05) is 11.8 Å². The molecule has 0 saturated carbocycles. The standard InChI is InChI=1S/C6H8N6O2S/c1-2-7-6(12-9-2)15-4-3(13)8-5(14)11-10-4/h4,10H,1H3,(H,7,9,12)(H2,8,11,13,14). The van der Waals surface area contributed by atoms with Crippen LogP contribution in [0, 0.1) is 6.92 Å². The molecule has 1 fully saturated rings. The average Bonchev–Trinajstić information content (AvgIpc) is 2.56. The van der Waals surface area contributed by atoms with Gasteiger partial charge in [0, 0.05) is 0 Å². The second kappa shape index (κ2) is 3.87. The molecule has 15 heavy (non-hydrogen) atoms. The quantitative estimate of drug-likeness (QED) is 0.510. The Morgan fingerprint density at radius 1 is 1.40 bits per heavy atom. The van der Waals surface area contributed by atoms with Crippen molar-refractivity contribution in [2.45, 2.75) is 17.5 Å². The van der Waals surface area contributed by atoms with Crippen molar-refractivity contribution in [1.29, 1.82) is 0 Å². The Morgan fingerprint density at radius 3 is 2.80 bits per heavy atom. The van der Waals surface area contributed by atoms with Gasteiger partial charge in [0.25, 0.3) is 5.91 Å². The van der Waals surface area contributed by atoms with Crippen LogP contribution in [-0.2, 0) is 4.79 Å². The van der Waals surface area contributed by atoms with Crippen LogP contribution < -0.4 is 16.2 Å². The zero-order chi connectivity index (χ0) is 10.8. The van der Waals surface area contributed by atoms with E-state index in [2.05, 4.69) is 31.3 Å². The molecule has 2 heterocycles. The van der Waals surface area contributed by atoms with Gasteiger partial charge in [0.15, 0.2) is 5.37 Å². The Labute approximate surface area is 88.6 Å². The predicted molar refractivity (Wildman–Crippen MR) is 50.6 cm³/mol. The molecule has 1 aliphatic rings. The second-order valence-corrected chi connectivity index (χ2v) is 3.86. The number of hydrogen-bond acceptors (Lipinski definition) is 6. The van der Waals surface area contributed by atoms with Gasteiger partial charge in [0.05, 0.1) is 0 Å². The summed E-state index contributed by atoms with van der Waals surface area (Å²) in [5.74, 6) is 0.240. The highest BCUT2D eigenvalue weighted by molar-refractivity contribution is 8.00. The van der Waals surface area contributed by atoms with Crippen molar-refractivity contribution in [3.05, 3.63) is 5.82 Å². The summed E-state index contributed by atoms with van der Waals surface area (Å²) in [6.45, 7) is 1.76. The zero-order valence-corrected chi connectivity index (χ0v) is 8.51. The number of H-pyrrole nitrogens is 1.